The first-order valence-corrected chi connectivity index (χ1v) is 7.27. The van der Waals surface area contributed by atoms with Crippen LogP contribution in [0.5, 0.6) is 0 Å². The Morgan fingerprint density at radius 1 is 0.917 bits per heavy atom. The summed E-state index contributed by atoms with van der Waals surface area (Å²) in [7, 11) is 0. The second-order valence-electron chi connectivity index (χ2n) is 6.34. The molecule has 24 heavy (non-hydrogen) atoms. The van der Waals surface area contributed by atoms with E-state index in [1.54, 1.807) is 12.1 Å². The number of pyridine rings is 1. The molecule has 1 heterocycles. The standard InChI is InChI=1S/C17H18F3N3O/c1-16(2,3)11-4-7-13(8-5-11)22-15(24)23-14-9-6-12(10-21-14)17(18,19)20/h4-10H,1-3H3,(H2,21,22,23,24). The van der Waals surface area contributed by atoms with Crippen molar-refractivity contribution in [2.45, 2.75) is 32.4 Å². The van der Waals surface area contributed by atoms with Crippen LogP contribution >= 0.6 is 0 Å². The minimum absolute atomic E-state index is 0.00490. The van der Waals surface area contributed by atoms with Gasteiger partial charge in [-0.05, 0) is 35.2 Å². The van der Waals surface area contributed by atoms with Crippen LogP contribution in [0.2, 0.25) is 0 Å². The Labute approximate surface area is 138 Å². The monoisotopic (exact) mass is 337 g/mol. The van der Waals surface area contributed by atoms with Gasteiger partial charge < -0.3 is 5.32 Å². The van der Waals surface area contributed by atoms with E-state index < -0.39 is 17.8 Å². The number of rotatable bonds is 2. The van der Waals surface area contributed by atoms with Crippen molar-refractivity contribution in [2.24, 2.45) is 0 Å². The third kappa shape index (κ3) is 4.71. The number of halogens is 3. The zero-order valence-corrected chi connectivity index (χ0v) is 13.5. The zero-order chi connectivity index (χ0) is 18.0. The number of anilines is 2. The molecule has 0 bridgehead atoms. The van der Waals surface area contributed by atoms with Crippen molar-refractivity contribution in [1.29, 1.82) is 0 Å². The summed E-state index contributed by atoms with van der Waals surface area (Å²) in [5, 5.41) is 4.99. The van der Waals surface area contributed by atoms with Crippen LogP contribution in [0.1, 0.15) is 31.9 Å². The van der Waals surface area contributed by atoms with Gasteiger partial charge >= 0.3 is 12.2 Å². The van der Waals surface area contributed by atoms with Gasteiger partial charge in [-0.3, -0.25) is 5.32 Å². The first-order chi connectivity index (χ1) is 11.1. The van der Waals surface area contributed by atoms with Crippen LogP contribution in [0.4, 0.5) is 29.5 Å². The molecule has 2 N–H and O–H groups in total. The summed E-state index contributed by atoms with van der Waals surface area (Å²) >= 11 is 0. The molecular formula is C17H18F3N3O. The molecule has 2 amide bonds. The Hall–Kier alpha value is -2.57. The van der Waals surface area contributed by atoms with Gasteiger partial charge in [-0.25, -0.2) is 9.78 Å². The van der Waals surface area contributed by atoms with Gasteiger partial charge in [0.25, 0.3) is 0 Å². The number of carbonyl (C=O) groups is 1. The van der Waals surface area contributed by atoms with E-state index in [1.165, 1.54) is 0 Å². The topological polar surface area (TPSA) is 54.0 Å². The highest BCUT2D eigenvalue weighted by Gasteiger charge is 2.30. The quantitative estimate of drug-likeness (QED) is 0.806. The van der Waals surface area contributed by atoms with Crippen LogP contribution in [0, 0.1) is 0 Å². The second kappa shape index (κ2) is 6.51. The minimum Gasteiger partial charge on any atom is -0.308 e. The summed E-state index contributed by atoms with van der Waals surface area (Å²) in [6.45, 7) is 6.25. The Bertz CT molecular complexity index is 640. The zero-order valence-electron chi connectivity index (χ0n) is 13.5. The number of benzene rings is 1. The van der Waals surface area contributed by atoms with Crippen molar-refractivity contribution in [1.82, 2.24) is 4.98 Å². The maximum atomic E-state index is 12.4. The maximum Gasteiger partial charge on any atom is 0.417 e. The highest BCUT2D eigenvalue weighted by atomic mass is 19.4. The predicted molar refractivity (Wildman–Crippen MR) is 87.0 cm³/mol. The molecular weight excluding hydrogens is 319 g/mol. The van der Waals surface area contributed by atoms with Gasteiger partial charge in [0.2, 0.25) is 0 Å². The summed E-state index contributed by atoms with van der Waals surface area (Å²) < 4.78 is 37.3. The van der Waals surface area contributed by atoms with E-state index in [0.717, 1.165) is 17.7 Å². The fraction of sp³-hybridized carbons (Fsp3) is 0.294. The summed E-state index contributed by atoms with van der Waals surface area (Å²) in [6, 6.07) is 8.73. The Morgan fingerprint density at radius 2 is 1.50 bits per heavy atom. The fourth-order valence-electron chi connectivity index (χ4n) is 1.97. The lowest BCUT2D eigenvalue weighted by molar-refractivity contribution is -0.137. The number of alkyl halides is 3. The summed E-state index contributed by atoms with van der Waals surface area (Å²) in [5.41, 5.74) is 0.835. The molecule has 1 aromatic heterocycles. The number of amides is 2. The van der Waals surface area contributed by atoms with Crippen LogP contribution in [0.15, 0.2) is 42.6 Å². The molecule has 0 atom stereocenters. The maximum absolute atomic E-state index is 12.4. The van der Waals surface area contributed by atoms with Crippen molar-refractivity contribution < 1.29 is 18.0 Å². The lowest BCUT2D eigenvalue weighted by atomic mass is 9.87. The van der Waals surface area contributed by atoms with Gasteiger partial charge in [0, 0.05) is 11.9 Å². The molecule has 0 spiro atoms. The predicted octanol–water partition coefficient (Wildman–Crippen LogP) is 5.04. The van der Waals surface area contributed by atoms with Gasteiger partial charge in [0.05, 0.1) is 5.56 Å². The molecule has 7 heteroatoms. The molecule has 0 unspecified atom stereocenters. The van der Waals surface area contributed by atoms with Crippen LogP contribution in [-0.4, -0.2) is 11.0 Å². The molecule has 1 aromatic carbocycles. The molecule has 0 aliphatic carbocycles. The number of hydrogen-bond donors (Lipinski definition) is 2. The van der Waals surface area contributed by atoms with Crippen molar-refractivity contribution in [3.63, 3.8) is 0 Å². The number of nitrogens with one attached hydrogen (secondary N) is 2. The van der Waals surface area contributed by atoms with Crippen LogP contribution in [0.25, 0.3) is 0 Å². The van der Waals surface area contributed by atoms with Crippen molar-refractivity contribution in [2.75, 3.05) is 10.6 Å². The largest absolute Gasteiger partial charge is 0.417 e. The highest BCUT2D eigenvalue weighted by molar-refractivity contribution is 5.99. The van der Waals surface area contributed by atoms with Gasteiger partial charge in [-0.1, -0.05) is 32.9 Å². The van der Waals surface area contributed by atoms with Crippen molar-refractivity contribution >= 4 is 17.5 Å². The van der Waals surface area contributed by atoms with E-state index in [1.807, 2.05) is 12.1 Å². The lowest BCUT2D eigenvalue weighted by Crippen LogP contribution is -2.20. The molecule has 0 aliphatic rings. The molecule has 0 saturated heterocycles. The summed E-state index contributed by atoms with van der Waals surface area (Å²) in [5.74, 6) is 0.0341. The highest BCUT2D eigenvalue weighted by Crippen LogP contribution is 2.29. The van der Waals surface area contributed by atoms with E-state index >= 15 is 0 Å². The number of nitrogens with zero attached hydrogens (tertiary/aromatic N) is 1. The van der Waals surface area contributed by atoms with Crippen LogP contribution in [0.3, 0.4) is 0 Å². The summed E-state index contributed by atoms with van der Waals surface area (Å²) in [4.78, 5) is 15.4. The van der Waals surface area contributed by atoms with Crippen molar-refractivity contribution in [3.05, 3.63) is 53.7 Å². The molecule has 4 nitrogen and oxygen atoms in total. The van der Waals surface area contributed by atoms with Gasteiger partial charge in [-0.15, -0.1) is 0 Å². The fourth-order valence-corrected chi connectivity index (χ4v) is 1.97. The Balaban J connectivity index is 1.98. The lowest BCUT2D eigenvalue weighted by Gasteiger charge is -2.19. The average Bonchev–Trinajstić information content (AvgIpc) is 2.46. The van der Waals surface area contributed by atoms with Gasteiger partial charge in [0.15, 0.2) is 0 Å². The molecule has 0 saturated carbocycles. The molecule has 2 rings (SSSR count). The molecule has 0 fully saturated rings. The van der Waals surface area contributed by atoms with Crippen LogP contribution in [-0.2, 0) is 11.6 Å². The number of aromatic nitrogens is 1. The third-order valence-corrected chi connectivity index (χ3v) is 3.34. The van der Waals surface area contributed by atoms with E-state index in [0.29, 0.717) is 11.9 Å². The van der Waals surface area contributed by atoms with E-state index in [9.17, 15) is 18.0 Å². The number of carbonyl (C=O) groups excluding carboxylic acids is 1. The molecule has 0 radical (unpaired) electrons. The first kappa shape index (κ1) is 17.8. The average molecular weight is 337 g/mol. The van der Waals surface area contributed by atoms with E-state index in [-0.39, 0.29) is 11.2 Å². The normalized spacial score (nSPS) is 11.9. The van der Waals surface area contributed by atoms with Gasteiger partial charge in [-0.2, -0.15) is 13.2 Å². The second-order valence-corrected chi connectivity index (χ2v) is 6.34. The van der Waals surface area contributed by atoms with Crippen LogP contribution < -0.4 is 10.6 Å². The van der Waals surface area contributed by atoms with Gasteiger partial charge in [0.1, 0.15) is 5.82 Å². The first-order valence-electron chi connectivity index (χ1n) is 7.27. The Kier molecular flexibility index (Phi) is 4.82. The van der Waals surface area contributed by atoms with E-state index in [2.05, 4.69) is 36.4 Å². The SMILES string of the molecule is CC(C)(C)c1ccc(NC(=O)Nc2ccc(C(F)(F)F)cn2)cc1. The third-order valence-electron chi connectivity index (χ3n) is 3.34. The molecule has 2 aromatic rings. The number of urea groups is 1. The summed E-state index contributed by atoms with van der Waals surface area (Å²) in [6.07, 6.45) is -3.78. The smallest absolute Gasteiger partial charge is 0.308 e. The minimum atomic E-state index is -4.46. The Morgan fingerprint density at radius 3 is 1.96 bits per heavy atom. The molecule has 0 aliphatic heterocycles. The molecule has 128 valence electrons. The number of hydrogen-bond acceptors (Lipinski definition) is 2. The van der Waals surface area contributed by atoms with E-state index in [4.69, 9.17) is 0 Å². The van der Waals surface area contributed by atoms with Crippen molar-refractivity contribution in [3.8, 4) is 0 Å².